The average molecular weight is 361 g/mol. The first-order valence-electron chi connectivity index (χ1n) is 6.95. The van der Waals surface area contributed by atoms with E-state index in [1.54, 1.807) is 24.3 Å². The molecular weight excluding hydrogens is 344 g/mol. The molecular formula is C17H17BrN2O2. The number of carbonyl (C=O) groups is 2. The number of hydrogen-bond donors (Lipinski definition) is 2. The van der Waals surface area contributed by atoms with Crippen LogP contribution >= 0.6 is 15.9 Å². The quantitative estimate of drug-likeness (QED) is 0.856. The van der Waals surface area contributed by atoms with Crippen LogP contribution in [0.3, 0.4) is 0 Å². The van der Waals surface area contributed by atoms with E-state index in [9.17, 15) is 9.59 Å². The number of rotatable bonds is 5. The summed E-state index contributed by atoms with van der Waals surface area (Å²) in [5, 5.41) is 5.57. The Morgan fingerprint density at radius 1 is 1.09 bits per heavy atom. The lowest BCUT2D eigenvalue weighted by atomic mass is 10.2. The molecule has 0 aliphatic heterocycles. The Kier molecular flexibility index (Phi) is 5.72. The topological polar surface area (TPSA) is 58.2 Å². The Balaban J connectivity index is 1.80. The van der Waals surface area contributed by atoms with Crippen molar-refractivity contribution in [3.05, 3.63) is 64.1 Å². The number of halogens is 1. The third kappa shape index (κ3) is 4.70. The highest BCUT2D eigenvalue weighted by Gasteiger charge is 2.07. The smallest absolute Gasteiger partial charge is 0.251 e. The Bertz CT molecular complexity index is 672. The molecule has 2 rings (SSSR count). The van der Waals surface area contributed by atoms with Crippen molar-refractivity contribution in [1.29, 1.82) is 0 Å². The van der Waals surface area contributed by atoms with Gasteiger partial charge in [0, 0.05) is 28.7 Å². The lowest BCUT2D eigenvalue weighted by Gasteiger charge is -2.09. The van der Waals surface area contributed by atoms with Crippen molar-refractivity contribution < 1.29 is 9.59 Å². The number of hydrogen-bond acceptors (Lipinski definition) is 2. The summed E-state index contributed by atoms with van der Waals surface area (Å²) in [7, 11) is 0. The maximum atomic E-state index is 11.9. The molecule has 0 aromatic heterocycles. The second-order valence-electron chi connectivity index (χ2n) is 4.88. The predicted octanol–water partition coefficient (Wildman–Crippen LogP) is 3.52. The number of anilines is 1. The van der Waals surface area contributed by atoms with Gasteiger partial charge in [-0.2, -0.15) is 0 Å². The van der Waals surface area contributed by atoms with Crippen LogP contribution in [-0.4, -0.2) is 18.4 Å². The lowest BCUT2D eigenvalue weighted by molar-refractivity contribution is -0.116. The molecule has 2 N–H and O–H groups in total. The van der Waals surface area contributed by atoms with Gasteiger partial charge in [-0.1, -0.05) is 34.1 Å². The van der Waals surface area contributed by atoms with Gasteiger partial charge in [0.05, 0.1) is 0 Å². The molecule has 0 heterocycles. The maximum absolute atomic E-state index is 11.9. The van der Waals surface area contributed by atoms with Crippen LogP contribution in [0, 0.1) is 6.92 Å². The number of aryl methyl sites for hydroxylation is 1. The van der Waals surface area contributed by atoms with Crippen molar-refractivity contribution >= 4 is 33.4 Å². The van der Waals surface area contributed by atoms with E-state index in [-0.39, 0.29) is 18.2 Å². The largest absolute Gasteiger partial charge is 0.352 e. The summed E-state index contributed by atoms with van der Waals surface area (Å²) in [5.74, 6) is -0.299. The molecule has 0 aliphatic carbocycles. The van der Waals surface area contributed by atoms with E-state index in [4.69, 9.17) is 0 Å². The van der Waals surface area contributed by atoms with Crippen LogP contribution in [0.25, 0.3) is 0 Å². The Morgan fingerprint density at radius 2 is 1.82 bits per heavy atom. The highest BCUT2D eigenvalue weighted by molar-refractivity contribution is 9.10. The summed E-state index contributed by atoms with van der Waals surface area (Å²) in [6, 6.07) is 14.6. The fourth-order valence-corrected chi connectivity index (χ4v) is 2.44. The highest BCUT2D eigenvalue weighted by Crippen LogP contribution is 2.20. The molecule has 4 nitrogen and oxygen atoms in total. The van der Waals surface area contributed by atoms with Crippen LogP contribution in [0.2, 0.25) is 0 Å². The van der Waals surface area contributed by atoms with Crippen LogP contribution in [-0.2, 0) is 4.79 Å². The number of benzene rings is 2. The van der Waals surface area contributed by atoms with Crippen molar-refractivity contribution in [2.24, 2.45) is 0 Å². The maximum Gasteiger partial charge on any atom is 0.251 e. The lowest BCUT2D eigenvalue weighted by Crippen LogP contribution is -2.27. The van der Waals surface area contributed by atoms with Crippen molar-refractivity contribution in [3.63, 3.8) is 0 Å². The Morgan fingerprint density at radius 3 is 2.50 bits per heavy atom. The van der Waals surface area contributed by atoms with Gasteiger partial charge in [0.25, 0.3) is 5.91 Å². The normalized spacial score (nSPS) is 10.1. The monoisotopic (exact) mass is 360 g/mol. The van der Waals surface area contributed by atoms with Gasteiger partial charge in [0.1, 0.15) is 0 Å². The summed E-state index contributed by atoms with van der Waals surface area (Å²) < 4.78 is 0.970. The molecule has 114 valence electrons. The van der Waals surface area contributed by atoms with Gasteiger partial charge in [-0.05, 0) is 42.8 Å². The zero-order chi connectivity index (χ0) is 15.9. The minimum Gasteiger partial charge on any atom is -0.352 e. The molecule has 0 saturated heterocycles. The molecule has 2 aromatic carbocycles. The number of carbonyl (C=O) groups excluding carboxylic acids is 2. The van der Waals surface area contributed by atoms with Crippen LogP contribution in [0.5, 0.6) is 0 Å². The van der Waals surface area contributed by atoms with E-state index in [0.717, 1.165) is 15.7 Å². The van der Waals surface area contributed by atoms with Crippen molar-refractivity contribution in [1.82, 2.24) is 5.32 Å². The fourth-order valence-electron chi connectivity index (χ4n) is 1.96. The van der Waals surface area contributed by atoms with E-state index in [1.165, 1.54) is 0 Å². The second kappa shape index (κ2) is 7.75. The van der Waals surface area contributed by atoms with Gasteiger partial charge in [0.2, 0.25) is 5.91 Å². The Labute approximate surface area is 138 Å². The molecule has 0 fully saturated rings. The SMILES string of the molecule is Cc1cc(Br)ccc1NC(=O)CCNC(=O)c1ccccc1. The minimum atomic E-state index is -0.173. The molecule has 0 bridgehead atoms. The summed E-state index contributed by atoms with van der Waals surface area (Å²) in [5.41, 5.74) is 2.35. The van der Waals surface area contributed by atoms with Gasteiger partial charge in [-0.15, -0.1) is 0 Å². The molecule has 0 aliphatic rings. The van der Waals surface area contributed by atoms with Crippen LogP contribution < -0.4 is 10.6 Å². The number of amides is 2. The molecule has 22 heavy (non-hydrogen) atoms. The van der Waals surface area contributed by atoms with Crippen LogP contribution in [0.15, 0.2) is 53.0 Å². The van der Waals surface area contributed by atoms with Crippen molar-refractivity contribution in [3.8, 4) is 0 Å². The first-order chi connectivity index (χ1) is 10.6. The van der Waals surface area contributed by atoms with E-state index in [1.807, 2.05) is 31.2 Å². The van der Waals surface area contributed by atoms with Gasteiger partial charge >= 0.3 is 0 Å². The Hall–Kier alpha value is -2.14. The summed E-state index contributed by atoms with van der Waals surface area (Å²) in [6.07, 6.45) is 0.230. The van der Waals surface area contributed by atoms with E-state index < -0.39 is 0 Å². The molecule has 0 spiro atoms. The van der Waals surface area contributed by atoms with Gasteiger partial charge in [-0.3, -0.25) is 9.59 Å². The number of nitrogens with one attached hydrogen (secondary N) is 2. The first-order valence-corrected chi connectivity index (χ1v) is 7.75. The minimum absolute atomic E-state index is 0.126. The first kappa shape index (κ1) is 16.2. The zero-order valence-corrected chi connectivity index (χ0v) is 13.8. The van der Waals surface area contributed by atoms with Crippen LogP contribution in [0.4, 0.5) is 5.69 Å². The van der Waals surface area contributed by atoms with Gasteiger partial charge in [0.15, 0.2) is 0 Å². The van der Waals surface area contributed by atoms with Gasteiger partial charge < -0.3 is 10.6 Å². The molecule has 2 aromatic rings. The van der Waals surface area contributed by atoms with E-state index >= 15 is 0 Å². The second-order valence-corrected chi connectivity index (χ2v) is 5.80. The molecule has 0 radical (unpaired) electrons. The van der Waals surface area contributed by atoms with Gasteiger partial charge in [-0.25, -0.2) is 0 Å². The average Bonchev–Trinajstić information content (AvgIpc) is 2.51. The molecule has 0 atom stereocenters. The summed E-state index contributed by atoms with van der Waals surface area (Å²) in [6.45, 7) is 2.23. The third-order valence-corrected chi connectivity index (χ3v) is 3.63. The molecule has 5 heteroatoms. The third-order valence-electron chi connectivity index (χ3n) is 3.14. The zero-order valence-electron chi connectivity index (χ0n) is 12.2. The van der Waals surface area contributed by atoms with Crippen LogP contribution in [0.1, 0.15) is 22.3 Å². The predicted molar refractivity (Wildman–Crippen MR) is 90.9 cm³/mol. The molecule has 0 unspecified atom stereocenters. The summed E-state index contributed by atoms with van der Waals surface area (Å²) in [4.78, 5) is 23.7. The molecule has 0 saturated carbocycles. The summed E-state index contributed by atoms with van der Waals surface area (Å²) >= 11 is 3.38. The van der Waals surface area contributed by atoms with E-state index in [0.29, 0.717) is 12.1 Å². The van der Waals surface area contributed by atoms with E-state index in [2.05, 4.69) is 26.6 Å². The van der Waals surface area contributed by atoms with Crippen molar-refractivity contribution in [2.75, 3.05) is 11.9 Å². The molecule has 2 amide bonds. The fraction of sp³-hybridized carbons (Fsp3) is 0.176. The van der Waals surface area contributed by atoms with Crippen molar-refractivity contribution in [2.45, 2.75) is 13.3 Å². The standard InChI is InChI=1S/C17H17BrN2O2/c1-12-11-14(18)7-8-15(12)20-16(21)9-10-19-17(22)13-5-3-2-4-6-13/h2-8,11H,9-10H2,1H3,(H,19,22)(H,20,21). The highest BCUT2D eigenvalue weighted by atomic mass is 79.9.